The molecule has 82 valence electrons. The van der Waals surface area contributed by atoms with Crippen LogP contribution in [0.4, 0.5) is 0 Å². The lowest BCUT2D eigenvalue weighted by Gasteiger charge is -2.11. The minimum atomic E-state index is -3.29. The molecule has 0 radical (unpaired) electrons. The Morgan fingerprint density at radius 1 is 1.40 bits per heavy atom. The molecular formula is C10H12O4S. The Hall–Kier alpha value is -0.910. The second kappa shape index (κ2) is 3.92. The van der Waals surface area contributed by atoms with Gasteiger partial charge in [0.15, 0.2) is 16.1 Å². The lowest BCUT2D eigenvalue weighted by Crippen LogP contribution is -2.23. The Bertz CT molecular complexity index is 452. The van der Waals surface area contributed by atoms with Crippen molar-refractivity contribution in [2.75, 3.05) is 12.9 Å². The molecule has 0 bridgehead atoms. The number of hydrogen-bond acceptors (Lipinski definition) is 4. The van der Waals surface area contributed by atoms with E-state index < -0.39 is 16.1 Å². The van der Waals surface area contributed by atoms with Gasteiger partial charge in [0.05, 0.1) is 11.5 Å². The number of methoxy groups -OCH3 is 1. The van der Waals surface area contributed by atoms with Crippen molar-refractivity contribution >= 4 is 9.84 Å². The van der Waals surface area contributed by atoms with Crippen molar-refractivity contribution in [1.82, 2.24) is 0 Å². The molecule has 0 spiro atoms. The van der Waals surface area contributed by atoms with Crippen LogP contribution in [0.25, 0.3) is 0 Å². The maximum absolute atomic E-state index is 11.9. The summed E-state index contributed by atoms with van der Waals surface area (Å²) >= 11 is 0. The highest BCUT2D eigenvalue weighted by Gasteiger charge is 2.27. The Balaban J connectivity index is 2.48. The first-order chi connectivity index (χ1) is 7.13. The third-order valence-electron chi connectivity index (χ3n) is 2.35. The summed E-state index contributed by atoms with van der Waals surface area (Å²) in [6, 6.07) is 6.87. The van der Waals surface area contributed by atoms with Crippen LogP contribution in [0.1, 0.15) is 5.56 Å². The van der Waals surface area contributed by atoms with Gasteiger partial charge in [-0.05, 0) is 11.6 Å². The molecule has 1 unspecified atom stereocenters. The maximum atomic E-state index is 11.9. The zero-order valence-corrected chi connectivity index (χ0v) is 9.16. The summed E-state index contributed by atoms with van der Waals surface area (Å²) in [4.78, 5) is 0.351. The molecule has 1 heterocycles. The second-order valence-electron chi connectivity index (χ2n) is 3.37. The molecule has 0 aromatic heterocycles. The van der Waals surface area contributed by atoms with Gasteiger partial charge in [0.25, 0.3) is 0 Å². The normalized spacial score (nSPS) is 24.2. The average Bonchev–Trinajstić information content (AvgIpc) is 2.36. The average molecular weight is 228 g/mol. The van der Waals surface area contributed by atoms with Crippen molar-refractivity contribution in [3.8, 4) is 0 Å². The van der Waals surface area contributed by atoms with Crippen LogP contribution in [0.5, 0.6) is 0 Å². The topological polar surface area (TPSA) is 52.6 Å². The molecule has 0 fully saturated rings. The number of ether oxygens (including phenoxy) is 2. The summed E-state index contributed by atoms with van der Waals surface area (Å²) in [5, 5.41) is 0. The van der Waals surface area contributed by atoms with E-state index in [1.165, 1.54) is 7.11 Å². The number of fused-ring (bicyclic) bond motifs is 1. The van der Waals surface area contributed by atoms with Crippen LogP contribution < -0.4 is 0 Å². The van der Waals surface area contributed by atoms with Gasteiger partial charge < -0.3 is 9.47 Å². The summed E-state index contributed by atoms with van der Waals surface area (Å²) in [5.74, 6) is -0.124. The van der Waals surface area contributed by atoms with E-state index in [-0.39, 0.29) is 12.4 Å². The van der Waals surface area contributed by atoms with E-state index in [9.17, 15) is 8.42 Å². The van der Waals surface area contributed by atoms with Gasteiger partial charge in [-0.2, -0.15) is 0 Å². The van der Waals surface area contributed by atoms with Gasteiger partial charge in [-0.25, -0.2) is 8.42 Å². The van der Waals surface area contributed by atoms with Crippen LogP contribution in [0, 0.1) is 0 Å². The first-order valence-electron chi connectivity index (χ1n) is 4.58. The van der Waals surface area contributed by atoms with E-state index in [2.05, 4.69) is 0 Å². The highest BCUT2D eigenvalue weighted by molar-refractivity contribution is 7.91. The van der Waals surface area contributed by atoms with Crippen LogP contribution in [0.3, 0.4) is 0 Å². The monoisotopic (exact) mass is 228 g/mol. The summed E-state index contributed by atoms with van der Waals surface area (Å²) < 4.78 is 34.1. The van der Waals surface area contributed by atoms with Gasteiger partial charge in [-0.3, -0.25) is 0 Å². The van der Waals surface area contributed by atoms with E-state index in [1.807, 2.05) is 0 Å². The summed E-state index contributed by atoms with van der Waals surface area (Å²) in [7, 11) is -1.85. The molecule has 1 aliphatic rings. The molecule has 15 heavy (non-hydrogen) atoms. The second-order valence-corrected chi connectivity index (χ2v) is 5.37. The molecule has 0 aliphatic carbocycles. The predicted octanol–water partition coefficient (Wildman–Crippen LogP) is 0.963. The first-order valence-corrected chi connectivity index (χ1v) is 6.24. The quantitative estimate of drug-likeness (QED) is 0.718. The largest absolute Gasteiger partial charge is 0.355 e. The smallest absolute Gasteiger partial charge is 0.183 e. The zero-order chi connectivity index (χ0) is 10.9. The van der Waals surface area contributed by atoms with Crippen molar-refractivity contribution in [1.29, 1.82) is 0 Å². The molecule has 0 saturated carbocycles. The SMILES string of the molecule is COC1CS(=O)(=O)c2ccccc2CO1. The van der Waals surface area contributed by atoms with Gasteiger partial charge in [-0.1, -0.05) is 18.2 Å². The van der Waals surface area contributed by atoms with Gasteiger partial charge in [0.1, 0.15) is 5.75 Å². The van der Waals surface area contributed by atoms with E-state index in [1.54, 1.807) is 24.3 Å². The molecule has 0 saturated heterocycles. The van der Waals surface area contributed by atoms with E-state index in [4.69, 9.17) is 9.47 Å². The van der Waals surface area contributed by atoms with E-state index in [0.29, 0.717) is 10.5 Å². The molecule has 4 nitrogen and oxygen atoms in total. The Kier molecular flexibility index (Phi) is 2.77. The van der Waals surface area contributed by atoms with E-state index in [0.717, 1.165) is 0 Å². The number of hydrogen-bond donors (Lipinski definition) is 0. The number of sulfone groups is 1. The molecule has 1 aromatic carbocycles. The molecule has 1 aliphatic heterocycles. The highest BCUT2D eigenvalue weighted by atomic mass is 32.2. The van der Waals surface area contributed by atoms with Crippen molar-refractivity contribution < 1.29 is 17.9 Å². The molecule has 2 rings (SSSR count). The highest BCUT2D eigenvalue weighted by Crippen LogP contribution is 2.23. The Morgan fingerprint density at radius 3 is 2.87 bits per heavy atom. The van der Waals surface area contributed by atoms with Crippen LogP contribution in [0.15, 0.2) is 29.2 Å². The minimum absolute atomic E-state index is 0.124. The van der Waals surface area contributed by atoms with Gasteiger partial charge in [0, 0.05) is 7.11 Å². The third kappa shape index (κ3) is 2.04. The Morgan fingerprint density at radius 2 is 2.13 bits per heavy atom. The third-order valence-corrected chi connectivity index (χ3v) is 4.13. The summed E-state index contributed by atoms with van der Waals surface area (Å²) in [6.45, 7) is 0.272. The van der Waals surface area contributed by atoms with Gasteiger partial charge in [0.2, 0.25) is 0 Å². The predicted molar refractivity (Wildman–Crippen MR) is 54.1 cm³/mol. The van der Waals surface area contributed by atoms with Crippen molar-refractivity contribution in [3.05, 3.63) is 29.8 Å². The fraction of sp³-hybridized carbons (Fsp3) is 0.400. The van der Waals surface area contributed by atoms with Crippen molar-refractivity contribution in [2.45, 2.75) is 17.8 Å². The van der Waals surface area contributed by atoms with Crippen LogP contribution >= 0.6 is 0 Å². The lowest BCUT2D eigenvalue weighted by molar-refractivity contribution is -0.115. The minimum Gasteiger partial charge on any atom is -0.355 e. The standard InChI is InChI=1S/C10H12O4S/c1-13-10-7-15(11,12)9-5-3-2-4-8(9)6-14-10/h2-5,10H,6-7H2,1H3. The Labute approximate surface area is 88.7 Å². The van der Waals surface area contributed by atoms with Crippen LogP contribution in [-0.4, -0.2) is 27.6 Å². The molecular weight excluding hydrogens is 216 g/mol. The zero-order valence-electron chi connectivity index (χ0n) is 8.34. The molecule has 0 amide bonds. The molecule has 0 N–H and O–H groups in total. The first kappa shape index (κ1) is 10.6. The maximum Gasteiger partial charge on any atom is 0.183 e. The number of benzene rings is 1. The fourth-order valence-electron chi connectivity index (χ4n) is 1.56. The van der Waals surface area contributed by atoms with Gasteiger partial charge in [-0.15, -0.1) is 0 Å². The van der Waals surface area contributed by atoms with Crippen LogP contribution in [-0.2, 0) is 25.9 Å². The van der Waals surface area contributed by atoms with Crippen molar-refractivity contribution in [3.63, 3.8) is 0 Å². The fourth-order valence-corrected chi connectivity index (χ4v) is 3.14. The van der Waals surface area contributed by atoms with Crippen molar-refractivity contribution in [2.24, 2.45) is 0 Å². The summed E-state index contributed by atoms with van der Waals surface area (Å²) in [6.07, 6.45) is -0.678. The lowest BCUT2D eigenvalue weighted by atomic mass is 10.2. The van der Waals surface area contributed by atoms with E-state index >= 15 is 0 Å². The molecule has 5 heteroatoms. The summed E-state index contributed by atoms with van der Waals surface area (Å²) in [5.41, 5.74) is 0.692. The van der Waals surface area contributed by atoms with Gasteiger partial charge >= 0.3 is 0 Å². The van der Waals surface area contributed by atoms with Crippen LogP contribution in [0.2, 0.25) is 0 Å². The molecule has 1 atom stereocenters. The number of rotatable bonds is 1. The molecule has 1 aromatic rings.